The van der Waals surface area contributed by atoms with Gasteiger partial charge in [0.25, 0.3) is 0 Å². The van der Waals surface area contributed by atoms with E-state index >= 15 is 0 Å². The minimum atomic E-state index is -0.877. The Morgan fingerprint density at radius 1 is 1.30 bits per heavy atom. The highest BCUT2D eigenvalue weighted by molar-refractivity contribution is 6.07. The van der Waals surface area contributed by atoms with Gasteiger partial charge in [-0.05, 0) is 24.6 Å². The topological polar surface area (TPSA) is 113 Å². The molecule has 1 aromatic carbocycles. The number of carbonyl (C=O) groups excluding carboxylic acids is 1. The van der Waals surface area contributed by atoms with Crippen LogP contribution in [-0.2, 0) is 11.3 Å². The van der Waals surface area contributed by atoms with E-state index in [1.807, 2.05) is 43.3 Å². The van der Waals surface area contributed by atoms with E-state index in [2.05, 4.69) is 21.5 Å². The van der Waals surface area contributed by atoms with Crippen LogP contribution in [0.2, 0.25) is 0 Å². The molecule has 1 aliphatic heterocycles. The lowest BCUT2D eigenvalue weighted by atomic mass is 9.91. The number of pyridine rings is 1. The number of fused-ring (bicyclic) bond motifs is 4. The first-order valence-corrected chi connectivity index (χ1v) is 9.47. The minimum absolute atomic E-state index is 0.183. The fraction of sp³-hybridized carbons (Fsp3) is 0.130. The normalized spacial score (nSPS) is 18.7. The summed E-state index contributed by atoms with van der Waals surface area (Å²) in [7, 11) is 0. The summed E-state index contributed by atoms with van der Waals surface area (Å²) < 4.78 is 10.7. The van der Waals surface area contributed by atoms with Gasteiger partial charge in [-0.15, -0.1) is 0 Å². The van der Waals surface area contributed by atoms with Crippen LogP contribution >= 0.6 is 0 Å². The first-order valence-electron chi connectivity index (χ1n) is 10.1. The summed E-state index contributed by atoms with van der Waals surface area (Å²) in [5, 5.41) is 1.65. The van der Waals surface area contributed by atoms with Crippen molar-refractivity contribution in [1.82, 2.24) is 19.5 Å². The van der Waals surface area contributed by atoms with Crippen LogP contribution in [0.5, 0.6) is 0 Å². The lowest BCUT2D eigenvalue weighted by Crippen LogP contribution is -2.25. The maximum Gasteiger partial charge on any atom is 0.244 e. The van der Waals surface area contributed by atoms with Crippen molar-refractivity contribution in [2.24, 2.45) is 11.7 Å². The fourth-order valence-corrected chi connectivity index (χ4v) is 4.08. The average molecular weight is 397 g/mol. The minimum Gasteiger partial charge on any atom is -0.383 e. The second-order valence-corrected chi connectivity index (χ2v) is 7.38. The number of nitrogen functional groups attached to an aromatic ring is 1. The zero-order valence-electron chi connectivity index (χ0n) is 17.3. The van der Waals surface area contributed by atoms with Crippen LogP contribution in [-0.4, -0.2) is 25.4 Å². The summed E-state index contributed by atoms with van der Waals surface area (Å²) >= 11 is 0. The Morgan fingerprint density at radius 3 is 2.90 bits per heavy atom. The third-order valence-corrected chi connectivity index (χ3v) is 5.52. The molecule has 2 atom stereocenters. The molecular formula is C23H20N6O. The predicted molar refractivity (Wildman–Crippen MR) is 118 cm³/mol. The Kier molecular flexibility index (Phi) is 3.67. The quantitative estimate of drug-likeness (QED) is 0.515. The Morgan fingerprint density at radius 2 is 2.10 bits per heavy atom. The predicted octanol–water partition coefficient (Wildman–Crippen LogP) is 3.30. The van der Waals surface area contributed by atoms with Crippen LogP contribution < -0.4 is 11.5 Å². The molecule has 1 aliphatic rings. The summed E-state index contributed by atoms with van der Waals surface area (Å²) in [6, 6.07) is 9.91. The molecule has 148 valence electrons. The van der Waals surface area contributed by atoms with Crippen LogP contribution in [0.3, 0.4) is 0 Å². The molecule has 1 amide bonds. The molecule has 5 rings (SSSR count). The number of hydrogen-bond acceptors (Lipinski definition) is 5. The second-order valence-electron chi connectivity index (χ2n) is 7.38. The number of anilines is 1. The molecule has 0 radical (unpaired) electrons. The molecule has 7 nitrogen and oxygen atoms in total. The Labute approximate surface area is 174 Å². The van der Waals surface area contributed by atoms with Crippen molar-refractivity contribution in [3.63, 3.8) is 0 Å². The van der Waals surface area contributed by atoms with Gasteiger partial charge in [0.15, 0.2) is 0 Å². The van der Waals surface area contributed by atoms with Crippen molar-refractivity contribution in [2.75, 3.05) is 5.73 Å². The summed E-state index contributed by atoms with van der Waals surface area (Å²) in [4.78, 5) is 25.0. The first-order chi connectivity index (χ1) is 14.9. The van der Waals surface area contributed by atoms with Gasteiger partial charge in [-0.1, -0.05) is 30.9 Å². The molecule has 0 fully saturated rings. The molecular weight excluding hydrogens is 376 g/mol. The first kappa shape index (κ1) is 16.9. The van der Waals surface area contributed by atoms with Gasteiger partial charge in [0.2, 0.25) is 5.91 Å². The van der Waals surface area contributed by atoms with Gasteiger partial charge in [-0.25, -0.2) is 9.97 Å². The monoisotopic (exact) mass is 397 g/mol. The van der Waals surface area contributed by atoms with E-state index in [-0.39, 0.29) is 5.57 Å². The maximum absolute atomic E-state index is 11.8. The average Bonchev–Trinajstić information content (AvgIpc) is 3.13. The molecule has 0 aliphatic carbocycles. The standard InChI is InChI=1S/C23H20N6O/c1-12-7-16(13(2)22(25)30)10-29-20(12)18(19-21(24)27-11-28-23(19)29)15-8-14-5-3-4-6-17(14)26-9-15/h3-9,11,16H,2,10H2,1H3,(H2,25,30)(H2,24,27,28)/t16-/m1/s1/i10D/t10?,16-. The highest BCUT2D eigenvalue weighted by Gasteiger charge is 2.29. The number of aromatic nitrogens is 4. The fourth-order valence-electron chi connectivity index (χ4n) is 4.08. The molecule has 0 bridgehead atoms. The number of primary amides is 1. The molecule has 4 N–H and O–H groups in total. The SMILES string of the molecule is [2H]C1[C@H](C(=C)C(N)=O)C=C(C)c2c(-c3cnc4ccccc4c3)c3c(N)ncnc3n21. The second kappa shape index (κ2) is 6.52. The third-order valence-electron chi connectivity index (χ3n) is 5.52. The Bertz CT molecular complexity index is 1440. The van der Waals surface area contributed by atoms with Crippen molar-refractivity contribution in [3.05, 3.63) is 66.8 Å². The zero-order valence-corrected chi connectivity index (χ0v) is 16.3. The van der Waals surface area contributed by atoms with Gasteiger partial charge in [-0.3, -0.25) is 9.78 Å². The van der Waals surface area contributed by atoms with Gasteiger partial charge in [0.05, 0.1) is 18.0 Å². The van der Waals surface area contributed by atoms with Crippen LogP contribution in [0.25, 0.3) is 38.6 Å². The van der Waals surface area contributed by atoms with E-state index in [1.165, 1.54) is 6.33 Å². The van der Waals surface area contributed by atoms with Gasteiger partial charge in [-0.2, -0.15) is 0 Å². The number of amides is 1. The smallest absolute Gasteiger partial charge is 0.244 e. The highest BCUT2D eigenvalue weighted by atomic mass is 16.1. The van der Waals surface area contributed by atoms with E-state index in [4.69, 9.17) is 12.8 Å². The number of allylic oxidation sites excluding steroid dienone is 2. The van der Waals surface area contributed by atoms with E-state index in [0.717, 1.165) is 33.3 Å². The Hall–Kier alpha value is -4.00. The number of hydrogen-bond donors (Lipinski definition) is 2. The number of nitrogens with zero attached hydrogens (tertiary/aromatic N) is 4. The van der Waals surface area contributed by atoms with E-state index in [1.54, 1.807) is 10.8 Å². The summed E-state index contributed by atoms with van der Waals surface area (Å²) in [5.41, 5.74) is 16.7. The zero-order chi connectivity index (χ0) is 21.9. The number of nitrogens with two attached hydrogens (primary N) is 2. The third kappa shape index (κ3) is 2.59. The van der Waals surface area contributed by atoms with Crippen LogP contribution in [0.1, 0.15) is 14.0 Å². The van der Waals surface area contributed by atoms with Gasteiger partial charge in [0.1, 0.15) is 17.8 Å². The van der Waals surface area contributed by atoms with Crippen LogP contribution in [0, 0.1) is 5.92 Å². The highest BCUT2D eigenvalue weighted by Crippen LogP contribution is 2.43. The molecule has 0 saturated carbocycles. The van der Waals surface area contributed by atoms with Crippen molar-refractivity contribution in [3.8, 4) is 11.1 Å². The lowest BCUT2D eigenvalue weighted by molar-refractivity contribution is -0.114. The van der Waals surface area contributed by atoms with Gasteiger partial charge in [0, 0.05) is 40.7 Å². The van der Waals surface area contributed by atoms with Crippen LogP contribution in [0.15, 0.2) is 61.1 Å². The maximum atomic E-state index is 11.8. The molecule has 1 unspecified atom stereocenters. The van der Waals surface area contributed by atoms with Crippen molar-refractivity contribution in [2.45, 2.75) is 13.4 Å². The summed E-state index contributed by atoms with van der Waals surface area (Å²) in [6.07, 6.45) is 5.04. The lowest BCUT2D eigenvalue weighted by Gasteiger charge is -2.24. The number of rotatable bonds is 3. The van der Waals surface area contributed by atoms with Crippen molar-refractivity contribution in [1.29, 1.82) is 0 Å². The molecule has 4 heterocycles. The van der Waals surface area contributed by atoms with E-state index in [0.29, 0.717) is 16.9 Å². The Balaban J connectivity index is 1.85. The van der Waals surface area contributed by atoms with Gasteiger partial charge >= 0.3 is 0 Å². The molecule has 30 heavy (non-hydrogen) atoms. The largest absolute Gasteiger partial charge is 0.383 e. The summed E-state index contributed by atoms with van der Waals surface area (Å²) in [5.74, 6) is -0.876. The number of para-hydroxylation sites is 1. The number of benzene rings is 1. The molecule has 4 aromatic rings. The molecule has 3 aromatic heterocycles. The summed E-state index contributed by atoms with van der Waals surface area (Å²) in [6.45, 7) is 4.87. The van der Waals surface area contributed by atoms with E-state index < -0.39 is 18.3 Å². The molecule has 0 saturated heterocycles. The van der Waals surface area contributed by atoms with Crippen LogP contribution in [0.4, 0.5) is 5.82 Å². The van der Waals surface area contributed by atoms with E-state index in [9.17, 15) is 4.79 Å². The molecule has 7 heteroatoms. The van der Waals surface area contributed by atoms with Crippen molar-refractivity contribution >= 4 is 39.2 Å². The molecule has 0 spiro atoms. The van der Waals surface area contributed by atoms with Gasteiger partial charge < -0.3 is 16.0 Å². The number of carbonyl (C=O) groups is 1. The van der Waals surface area contributed by atoms with Crippen molar-refractivity contribution < 1.29 is 6.17 Å².